The average molecular weight is 135 g/mol. The highest BCUT2D eigenvalue weighted by Crippen LogP contribution is 2.11. The minimum atomic E-state index is 0.510. The largest absolute Gasteiger partial charge is 0.399 e. The first kappa shape index (κ1) is 7.13. The van der Waals surface area contributed by atoms with Gasteiger partial charge in [0.15, 0.2) is 0 Å². The molecule has 1 atom stereocenters. The molecule has 1 nitrogen and oxygen atoms in total. The number of hydrogen-bond acceptors (Lipinski definition) is 1. The first-order valence-corrected chi connectivity index (χ1v) is 3.53. The second-order valence-electron chi connectivity index (χ2n) is 2.72. The molecule has 1 heteroatoms. The lowest BCUT2D eigenvalue weighted by molar-refractivity contribution is 0.941. The van der Waals surface area contributed by atoms with Crippen LogP contribution in [0.4, 0.5) is 0 Å². The van der Waals surface area contributed by atoms with Crippen molar-refractivity contribution in [2.45, 2.75) is 13.8 Å². The van der Waals surface area contributed by atoms with E-state index in [-0.39, 0.29) is 0 Å². The Morgan fingerprint density at radius 2 is 1.90 bits per heavy atom. The van der Waals surface area contributed by atoms with Gasteiger partial charge in [-0.25, -0.2) is 0 Å². The van der Waals surface area contributed by atoms with Crippen LogP contribution < -0.4 is 5.73 Å². The Hall–Kier alpha value is -0.980. The Morgan fingerprint density at radius 3 is 2.60 bits per heavy atom. The van der Waals surface area contributed by atoms with Crippen molar-refractivity contribution in [3.63, 3.8) is 0 Å². The summed E-state index contributed by atoms with van der Waals surface area (Å²) in [6.07, 6.45) is 8.29. The van der Waals surface area contributed by atoms with Crippen molar-refractivity contribution in [2.75, 3.05) is 0 Å². The Balaban J connectivity index is 2.91. The number of allylic oxidation sites excluding steroid dienone is 5. The maximum absolute atomic E-state index is 5.68. The average Bonchev–Trinajstić information content (AvgIpc) is 2.04. The maximum atomic E-state index is 5.68. The lowest BCUT2D eigenvalue weighted by Gasteiger charge is -1.92. The minimum Gasteiger partial charge on any atom is -0.399 e. The van der Waals surface area contributed by atoms with Gasteiger partial charge in [0.05, 0.1) is 0 Å². The zero-order chi connectivity index (χ0) is 7.56. The molecule has 0 spiro atoms. The molecule has 0 aromatic heterocycles. The van der Waals surface area contributed by atoms with Gasteiger partial charge in [-0.2, -0.15) is 0 Å². The zero-order valence-corrected chi connectivity index (χ0v) is 6.46. The number of nitrogens with two attached hydrogens (primary N) is 1. The molecule has 1 rings (SSSR count). The molecule has 2 N–H and O–H groups in total. The highest BCUT2D eigenvalue weighted by atomic mass is 14.6. The Labute approximate surface area is 61.9 Å². The van der Waals surface area contributed by atoms with Gasteiger partial charge in [0, 0.05) is 5.70 Å². The fourth-order valence-electron chi connectivity index (χ4n) is 0.843. The summed E-state index contributed by atoms with van der Waals surface area (Å²) < 4.78 is 0. The Bertz CT molecular complexity index is 187. The molecule has 1 aliphatic carbocycles. The van der Waals surface area contributed by atoms with Crippen LogP contribution in [0.1, 0.15) is 13.8 Å². The highest BCUT2D eigenvalue weighted by molar-refractivity contribution is 5.33. The summed E-state index contributed by atoms with van der Waals surface area (Å²) in [5, 5.41) is 0. The zero-order valence-electron chi connectivity index (χ0n) is 6.46. The molecule has 0 amide bonds. The SMILES string of the molecule is CC1=C(N)C=CC(C)C=C1. The molecule has 0 aromatic rings. The molecule has 0 saturated heterocycles. The molecule has 0 fully saturated rings. The normalized spacial score (nSPS) is 25.2. The molecule has 1 unspecified atom stereocenters. The highest BCUT2D eigenvalue weighted by Gasteiger charge is 1.97. The third-order valence-corrected chi connectivity index (χ3v) is 1.68. The van der Waals surface area contributed by atoms with E-state index < -0.39 is 0 Å². The van der Waals surface area contributed by atoms with Gasteiger partial charge in [-0.15, -0.1) is 0 Å². The van der Waals surface area contributed by atoms with Gasteiger partial charge in [-0.05, 0) is 24.5 Å². The van der Waals surface area contributed by atoms with E-state index in [4.69, 9.17) is 5.73 Å². The van der Waals surface area contributed by atoms with E-state index in [1.807, 2.05) is 13.0 Å². The van der Waals surface area contributed by atoms with Gasteiger partial charge < -0.3 is 5.73 Å². The summed E-state index contributed by atoms with van der Waals surface area (Å²) in [4.78, 5) is 0. The van der Waals surface area contributed by atoms with Crippen molar-refractivity contribution in [2.24, 2.45) is 11.7 Å². The standard InChI is InChI=1S/C9H13N/c1-7-3-5-8(2)9(10)6-4-7/h3-7H,10H2,1-2H3. The molecule has 0 bridgehead atoms. The first-order valence-electron chi connectivity index (χ1n) is 3.53. The molecular weight excluding hydrogens is 122 g/mol. The molecular formula is C9H13N. The van der Waals surface area contributed by atoms with E-state index in [0.29, 0.717) is 5.92 Å². The van der Waals surface area contributed by atoms with Gasteiger partial charge in [0.1, 0.15) is 0 Å². The predicted molar refractivity (Wildman–Crippen MR) is 44.3 cm³/mol. The Kier molecular flexibility index (Phi) is 1.95. The van der Waals surface area contributed by atoms with Crippen molar-refractivity contribution < 1.29 is 0 Å². The van der Waals surface area contributed by atoms with Crippen molar-refractivity contribution in [1.29, 1.82) is 0 Å². The first-order chi connectivity index (χ1) is 4.70. The lowest BCUT2D eigenvalue weighted by Crippen LogP contribution is -1.94. The second-order valence-corrected chi connectivity index (χ2v) is 2.72. The molecule has 0 saturated carbocycles. The van der Waals surface area contributed by atoms with Crippen LogP contribution in [0.15, 0.2) is 35.6 Å². The van der Waals surface area contributed by atoms with Crippen molar-refractivity contribution in [3.8, 4) is 0 Å². The molecule has 0 radical (unpaired) electrons. The van der Waals surface area contributed by atoms with Crippen molar-refractivity contribution in [1.82, 2.24) is 0 Å². The molecule has 10 heavy (non-hydrogen) atoms. The molecule has 1 aliphatic rings. The number of hydrogen-bond donors (Lipinski definition) is 1. The van der Waals surface area contributed by atoms with Crippen LogP contribution in [0.2, 0.25) is 0 Å². The monoisotopic (exact) mass is 135 g/mol. The van der Waals surface area contributed by atoms with Crippen LogP contribution in [0.3, 0.4) is 0 Å². The van der Waals surface area contributed by atoms with Crippen LogP contribution in [-0.4, -0.2) is 0 Å². The van der Waals surface area contributed by atoms with Gasteiger partial charge in [0.2, 0.25) is 0 Å². The molecule has 54 valence electrons. The Morgan fingerprint density at radius 1 is 1.30 bits per heavy atom. The summed E-state index contributed by atoms with van der Waals surface area (Å²) in [6, 6.07) is 0. The van der Waals surface area contributed by atoms with Crippen LogP contribution in [0.25, 0.3) is 0 Å². The second kappa shape index (κ2) is 2.74. The lowest BCUT2D eigenvalue weighted by atomic mass is 10.1. The van der Waals surface area contributed by atoms with E-state index in [0.717, 1.165) is 11.3 Å². The maximum Gasteiger partial charge on any atom is 0.0340 e. The summed E-state index contributed by atoms with van der Waals surface area (Å²) >= 11 is 0. The minimum absolute atomic E-state index is 0.510. The summed E-state index contributed by atoms with van der Waals surface area (Å²) in [6.45, 7) is 4.16. The van der Waals surface area contributed by atoms with Crippen molar-refractivity contribution >= 4 is 0 Å². The molecule has 0 aliphatic heterocycles. The van der Waals surface area contributed by atoms with Gasteiger partial charge in [-0.3, -0.25) is 0 Å². The summed E-state index contributed by atoms with van der Waals surface area (Å²) in [7, 11) is 0. The van der Waals surface area contributed by atoms with Gasteiger partial charge >= 0.3 is 0 Å². The number of rotatable bonds is 0. The topological polar surface area (TPSA) is 26.0 Å². The van der Waals surface area contributed by atoms with E-state index in [2.05, 4.69) is 25.2 Å². The molecule has 0 heterocycles. The van der Waals surface area contributed by atoms with E-state index in [1.165, 1.54) is 0 Å². The van der Waals surface area contributed by atoms with Gasteiger partial charge in [-0.1, -0.05) is 25.2 Å². The van der Waals surface area contributed by atoms with E-state index in [1.54, 1.807) is 0 Å². The van der Waals surface area contributed by atoms with Crippen LogP contribution in [0.5, 0.6) is 0 Å². The van der Waals surface area contributed by atoms with Crippen LogP contribution in [-0.2, 0) is 0 Å². The third kappa shape index (κ3) is 1.50. The fraction of sp³-hybridized carbons (Fsp3) is 0.333. The predicted octanol–water partition coefficient (Wildman–Crippen LogP) is 1.98. The van der Waals surface area contributed by atoms with Crippen LogP contribution in [0, 0.1) is 5.92 Å². The molecule has 0 aromatic carbocycles. The third-order valence-electron chi connectivity index (χ3n) is 1.68. The van der Waals surface area contributed by atoms with E-state index >= 15 is 0 Å². The summed E-state index contributed by atoms with van der Waals surface area (Å²) in [5.41, 5.74) is 7.71. The van der Waals surface area contributed by atoms with Crippen LogP contribution >= 0.6 is 0 Å². The summed E-state index contributed by atoms with van der Waals surface area (Å²) in [5.74, 6) is 0.510. The quantitative estimate of drug-likeness (QED) is 0.540. The van der Waals surface area contributed by atoms with Gasteiger partial charge in [0.25, 0.3) is 0 Å². The fourth-order valence-corrected chi connectivity index (χ4v) is 0.843. The van der Waals surface area contributed by atoms with Crippen molar-refractivity contribution in [3.05, 3.63) is 35.6 Å². The smallest absolute Gasteiger partial charge is 0.0340 e. The van der Waals surface area contributed by atoms with E-state index in [9.17, 15) is 0 Å².